The highest BCUT2D eigenvalue weighted by atomic mass is 79.9. The fourth-order valence-electron chi connectivity index (χ4n) is 3.05. The third-order valence-electron chi connectivity index (χ3n) is 4.49. The number of nitrogens with zero attached hydrogens (tertiary/aromatic N) is 5. The lowest BCUT2D eigenvalue weighted by Gasteiger charge is -2.19. The van der Waals surface area contributed by atoms with E-state index in [1.807, 2.05) is 24.4 Å². The number of anilines is 1. The molecular weight excluding hydrogens is 394 g/mol. The zero-order valence-electron chi connectivity index (χ0n) is 14.3. The van der Waals surface area contributed by atoms with Crippen molar-refractivity contribution < 1.29 is 0 Å². The lowest BCUT2D eigenvalue weighted by atomic mass is 9.94. The molecule has 1 aliphatic rings. The summed E-state index contributed by atoms with van der Waals surface area (Å²) in [5.74, 6) is 1.54. The Morgan fingerprint density at radius 3 is 2.92 bits per heavy atom. The smallest absolute Gasteiger partial charge is 0.173 e. The summed E-state index contributed by atoms with van der Waals surface area (Å²) >= 11 is 3.52. The Balaban J connectivity index is 1.64. The van der Waals surface area contributed by atoms with Crippen LogP contribution in [-0.2, 0) is 6.54 Å². The van der Waals surface area contributed by atoms with Crippen molar-refractivity contribution in [1.29, 1.82) is 0 Å². The van der Waals surface area contributed by atoms with Crippen LogP contribution in [0.4, 0.5) is 11.6 Å². The number of fused-ring (bicyclic) bond motifs is 1. The van der Waals surface area contributed by atoms with Gasteiger partial charge >= 0.3 is 0 Å². The highest BCUT2D eigenvalue weighted by molar-refractivity contribution is 9.10. The molecule has 134 valence electrons. The van der Waals surface area contributed by atoms with E-state index >= 15 is 0 Å². The quantitative estimate of drug-likeness (QED) is 0.682. The van der Waals surface area contributed by atoms with Crippen LogP contribution < -0.4 is 11.1 Å². The first-order valence-electron chi connectivity index (χ1n) is 8.68. The molecule has 0 aliphatic heterocycles. The molecule has 1 saturated carbocycles. The van der Waals surface area contributed by atoms with Crippen molar-refractivity contribution in [2.24, 2.45) is 10.7 Å². The standard InChI is InChI=1S/C18H20BrN7/c19-15-11-23-26-17(22-10-12-2-1-7-21-9-12)8-16(25-18(15)26)24-14-5-3-13(20)4-6-14/h1-2,7-9,11,13,22H,3-6,10,20H2. The van der Waals surface area contributed by atoms with Crippen LogP contribution in [0, 0.1) is 0 Å². The SMILES string of the molecule is NC1CCC(=Nc2cc(NCc3cccnc3)n3ncc(Br)c3n2)CC1. The minimum absolute atomic E-state index is 0.296. The molecule has 0 amide bonds. The van der Waals surface area contributed by atoms with E-state index in [1.165, 1.54) is 0 Å². The largest absolute Gasteiger partial charge is 0.366 e. The van der Waals surface area contributed by atoms with E-state index < -0.39 is 0 Å². The molecule has 3 N–H and O–H groups in total. The van der Waals surface area contributed by atoms with Gasteiger partial charge in [-0.3, -0.25) is 4.98 Å². The topological polar surface area (TPSA) is 93.5 Å². The average molecular weight is 414 g/mol. The Kier molecular flexibility index (Phi) is 4.94. The Labute approximate surface area is 159 Å². The molecule has 7 nitrogen and oxygen atoms in total. The number of hydrogen-bond donors (Lipinski definition) is 2. The van der Waals surface area contributed by atoms with Crippen molar-refractivity contribution in [3.05, 3.63) is 46.8 Å². The van der Waals surface area contributed by atoms with Gasteiger partial charge in [-0.05, 0) is 53.2 Å². The van der Waals surface area contributed by atoms with Gasteiger partial charge in [-0.1, -0.05) is 6.07 Å². The van der Waals surface area contributed by atoms with Crippen molar-refractivity contribution in [2.75, 3.05) is 5.32 Å². The van der Waals surface area contributed by atoms with E-state index in [-0.39, 0.29) is 0 Å². The van der Waals surface area contributed by atoms with Crippen LogP contribution >= 0.6 is 15.9 Å². The molecule has 0 atom stereocenters. The lowest BCUT2D eigenvalue weighted by Crippen LogP contribution is -2.26. The second-order valence-corrected chi connectivity index (χ2v) is 7.31. The maximum atomic E-state index is 5.99. The number of pyridine rings is 1. The van der Waals surface area contributed by atoms with Gasteiger partial charge in [0.1, 0.15) is 5.82 Å². The molecule has 0 saturated heterocycles. The monoisotopic (exact) mass is 413 g/mol. The van der Waals surface area contributed by atoms with Crippen LogP contribution in [0.25, 0.3) is 5.65 Å². The number of nitrogens with two attached hydrogens (primary N) is 1. The van der Waals surface area contributed by atoms with Crippen molar-refractivity contribution in [1.82, 2.24) is 19.6 Å². The maximum Gasteiger partial charge on any atom is 0.173 e. The second-order valence-electron chi connectivity index (χ2n) is 6.46. The van der Waals surface area contributed by atoms with Gasteiger partial charge in [-0.25, -0.2) is 9.98 Å². The van der Waals surface area contributed by atoms with E-state index in [4.69, 9.17) is 10.7 Å². The number of aromatic nitrogens is 4. The van der Waals surface area contributed by atoms with E-state index in [2.05, 4.69) is 36.3 Å². The molecule has 0 spiro atoms. The fourth-order valence-corrected chi connectivity index (χ4v) is 3.40. The first-order chi connectivity index (χ1) is 12.7. The maximum absolute atomic E-state index is 5.99. The summed E-state index contributed by atoms with van der Waals surface area (Å²) in [6.07, 6.45) is 9.21. The lowest BCUT2D eigenvalue weighted by molar-refractivity contribution is 0.559. The Morgan fingerprint density at radius 1 is 1.31 bits per heavy atom. The number of rotatable bonds is 4. The summed E-state index contributed by atoms with van der Waals surface area (Å²) in [7, 11) is 0. The minimum atomic E-state index is 0.296. The molecule has 0 unspecified atom stereocenters. The second kappa shape index (κ2) is 7.51. The molecule has 26 heavy (non-hydrogen) atoms. The highest BCUT2D eigenvalue weighted by Crippen LogP contribution is 2.25. The summed E-state index contributed by atoms with van der Waals surface area (Å²) in [5, 5.41) is 7.80. The Hall–Kier alpha value is -2.32. The van der Waals surface area contributed by atoms with Crippen LogP contribution in [0.2, 0.25) is 0 Å². The van der Waals surface area contributed by atoms with E-state index in [1.54, 1.807) is 16.9 Å². The number of hydrogen-bond acceptors (Lipinski definition) is 6. The van der Waals surface area contributed by atoms with Gasteiger partial charge in [0, 0.05) is 36.8 Å². The predicted octanol–water partition coefficient (Wildman–Crippen LogP) is 3.47. The number of aliphatic imine (C=N–C) groups is 1. The summed E-state index contributed by atoms with van der Waals surface area (Å²) in [6.45, 7) is 0.648. The zero-order chi connectivity index (χ0) is 17.9. The van der Waals surface area contributed by atoms with Gasteiger partial charge in [0.15, 0.2) is 11.5 Å². The molecule has 0 bridgehead atoms. The summed E-state index contributed by atoms with van der Waals surface area (Å²) < 4.78 is 2.62. The summed E-state index contributed by atoms with van der Waals surface area (Å²) in [4.78, 5) is 13.6. The fraction of sp³-hybridized carbons (Fsp3) is 0.333. The average Bonchev–Trinajstić information content (AvgIpc) is 3.04. The van der Waals surface area contributed by atoms with E-state index in [0.29, 0.717) is 18.4 Å². The number of halogens is 1. The van der Waals surface area contributed by atoms with Crippen LogP contribution in [0.1, 0.15) is 31.2 Å². The molecule has 3 aromatic heterocycles. The first kappa shape index (κ1) is 17.1. The summed E-state index contributed by atoms with van der Waals surface area (Å²) in [5.41, 5.74) is 8.99. The predicted molar refractivity (Wildman–Crippen MR) is 106 cm³/mol. The highest BCUT2D eigenvalue weighted by Gasteiger charge is 2.15. The van der Waals surface area contributed by atoms with Gasteiger partial charge < -0.3 is 11.1 Å². The Bertz CT molecular complexity index is 925. The molecule has 1 aliphatic carbocycles. The van der Waals surface area contributed by atoms with Gasteiger partial charge in [-0.15, -0.1) is 0 Å². The third kappa shape index (κ3) is 3.76. The molecule has 1 fully saturated rings. The summed E-state index contributed by atoms with van der Waals surface area (Å²) in [6, 6.07) is 6.19. The van der Waals surface area contributed by atoms with E-state index in [0.717, 1.165) is 52.9 Å². The molecular formula is C18H20BrN7. The van der Waals surface area contributed by atoms with Gasteiger partial charge in [0.05, 0.1) is 10.7 Å². The molecule has 0 aromatic carbocycles. The van der Waals surface area contributed by atoms with Gasteiger partial charge in [0.2, 0.25) is 0 Å². The van der Waals surface area contributed by atoms with E-state index in [9.17, 15) is 0 Å². The third-order valence-corrected chi connectivity index (χ3v) is 5.05. The van der Waals surface area contributed by atoms with Crippen molar-refractivity contribution in [2.45, 2.75) is 38.3 Å². The molecule has 3 aromatic rings. The van der Waals surface area contributed by atoms with Gasteiger partial charge in [-0.2, -0.15) is 9.61 Å². The normalized spacial score (nSPS) is 17.5. The van der Waals surface area contributed by atoms with Crippen molar-refractivity contribution >= 4 is 38.9 Å². The van der Waals surface area contributed by atoms with Crippen molar-refractivity contribution in [3.63, 3.8) is 0 Å². The Morgan fingerprint density at radius 2 is 2.15 bits per heavy atom. The van der Waals surface area contributed by atoms with Crippen LogP contribution in [0.5, 0.6) is 0 Å². The minimum Gasteiger partial charge on any atom is -0.366 e. The number of nitrogens with one attached hydrogen (secondary N) is 1. The van der Waals surface area contributed by atoms with Crippen LogP contribution in [-0.4, -0.2) is 31.3 Å². The van der Waals surface area contributed by atoms with Crippen molar-refractivity contribution in [3.8, 4) is 0 Å². The zero-order valence-corrected chi connectivity index (χ0v) is 15.9. The van der Waals surface area contributed by atoms with Crippen LogP contribution in [0.15, 0.2) is 46.3 Å². The molecule has 3 heterocycles. The molecule has 0 radical (unpaired) electrons. The molecule has 4 rings (SSSR count). The van der Waals surface area contributed by atoms with Crippen LogP contribution in [0.3, 0.4) is 0 Å². The van der Waals surface area contributed by atoms with Gasteiger partial charge in [0.25, 0.3) is 0 Å². The molecule has 8 heteroatoms. The first-order valence-corrected chi connectivity index (χ1v) is 9.47.